The van der Waals surface area contributed by atoms with Gasteiger partial charge in [0.05, 0.1) is 12.7 Å². The summed E-state index contributed by atoms with van der Waals surface area (Å²) >= 11 is 0. The lowest BCUT2D eigenvalue weighted by Crippen LogP contribution is -2.24. The lowest BCUT2D eigenvalue weighted by molar-refractivity contribution is 0.0914. The van der Waals surface area contributed by atoms with Crippen molar-refractivity contribution >= 4 is 22.9 Å². The molecule has 5 nitrogen and oxygen atoms in total. The molecule has 4 rings (SSSR count). The van der Waals surface area contributed by atoms with Crippen molar-refractivity contribution in [2.24, 2.45) is 0 Å². The summed E-state index contributed by atoms with van der Waals surface area (Å²) in [6.07, 6.45) is 2.72. The van der Waals surface area contributed by atoms with Crippen molar-refractivity contribution in [1.82, 2.24) is 4.40 Å². The first-order chi connectivity index (χ1) is 12.5. The maximum absolute atomic E-state index is 13.2. The number of allylic oxidation sites excluding steroid dienone is 2. The Balaban J connectivity index is 2.02. The van der Waals surface area contributed by atoms with Crippen LogP contribution in [-0.2, 0) is 4.74 Å². The standard InChI is InChI=1S/C20H12FNO4/c1-26-16-10-15(23)17-14(20(16)25)9-13-3-2-8-22(13)18(17)19(24)11-4-6-12(21)7-5-11/h2-10H,1H3. The number of methoxy groups -OCH3 is 1. The highest BCUT2D eigenvalue weighted by Crippen LogP contribution is 2.29. The average Bonchev–Trinajstić information content (AvgIpc) is 3.11. The number of fused-ring (bicyclic) bond motifs is 2. The van der Waals surface area contributed by atoms with Gasteiger partial charge in [0, 0.05) is 28.9 Å². The first-order valence-corrected chi connectivity index (χ1v) is 7.80. The van der Waals surface area contributed by atoms with Crippen molar-refractivity contribution in [2.75, 3.05) is 7.11 Å². The van der Waals surface area contributed by atoms with Gasteiger partial charge in [-0.2, -0.15) is 0 Å². The second-order valence-corrected chi connectivity index (χ2v) is 5.83. The van der Waals surface area contributed by atoms with Gasteiger partial charge in [-0.25, -0.2) is 4.39 Å². The monoisotopic (exact) mass is 349 g/mol. The maximum atomic E-state index is 13.2. The van der Waals surface area contributed by atoms with E-state index >= 15 is 0 Å². The predicted molar refractivity (Wildman–Crippen MR) is 91.0 cm³/mol. The number of hydrogen-bond donors (Lipinski definition) is 0. The summed E-state index contributed by atoms with van der Waals surface area (Å²) in [6, 6.07) is 10.0. The molecule has 6 heteroatoms. The zero-order valence-corrected chi connectivity index (χ0v) is 13.7. The molecule has 0 radical (unpaired) electrons. The third-order valence-corrected chi connectivity index (χ3v) is 4.34. The third-order valence-electron chi connectivity index (χ3n) is 4.34. The molecule has 0 bridgehead atoms. The molecule has 1 aliphatic carbocycles. The van der Waals surface area contributed by atoms with E-state index in [0.29, 0.717) is 5.52 Å². The van der Waals surface area contributed by atoms with E-state index in [1.165, 1.54) is 31.4 Å². The van der Waals surface area contributed by atoms with Gasteiger partial charge in [-0.3, -0.25) is 14.4 Å². The van der Waals surface area contributed by atoms with Crippen molar-refractivity contribution in [3.63, 3.8) is 0 Å². The molecule has 0 saturated heterocycles. The Morgan fingerprint density at radius 1 is 1.12 bits per heavy atom. The molecule has 0 amide bonds. The van der Waals surface area contributed by atoms with Crippen molar-refractivity contribution in [3.8, 4) is 0 Å². The number of carbonyl (C=O) groups is 3. The normalized spacial score (nSPS) is 13.5. The van der Waals surface area contributed by atoms with Crippen LogP contribution in [0.3, 0.4) is 0 Å². The van der Waals surface area contributed by atoms with Crippen molar-refractivity contribution < 1.29 is 23.5 Å². The molecule has 0 N–H and O–H groups in total. The van der Waals surface area contributed by atoms with Crippen molar-refractivity contribution in [1.29, 1.82) is 0 Å². The van der Waals surface area contributed by atoms with Gasteiger partial charge >= 0.3 is 0 Å². The van der Waals surface area contributed by atoms with Crippen molar-refractivity contribution in [3.05, 3.63) is 88.7 Å². The molecule has 128 valence electrons. The Kier molecular flexibility index (Phi) is 3.54. The van der Waals surface area contributed by atoms with Crippen LogP contribution < -0.4 is 0 Å². The van der Waals surface area contributed by atoms with Crippen LogP contribution in [0.2, 0.25) is 0 Å². The van der Waals surface area contributed by atoms with E-state index in [1.54, 1.807) is 28.8 Å². The molecule has 0 saturated carbocycles. The minimum Gasteiger partial charge on any atom is -0.492 e. The minimum atomic E-state index is -0.488. The number of benzene rings is 1. The molecular formula is C20H12FNO4. The van der Waals surface area contributed by atoms with Crippen LogP contribution in [0.4, 0.5) is 4.39 Å². The fraction of sp³-hybridized carbons (Fsp3) is 0.0500. The number of rotatable bonds is 3. The fourth-order valence-corrected chi connectivity index (χ4v) is 3.11. The predicted octanol–water partition coefficient (Wildman–Crippen LogP) is 3.22. The molecule has 0 aliphatic heterocycles. The van der Waals surface area contributed by atoms with Crippen LogP contribution in [0.1, 0.15) is 36.8 Å². The van der Waals surface area contributed by atoms with Crippen LogP contribution in [-0.4, -0.2) is 28.9 Å². The Morgan fingerprint density at radius 2 is 1.85 bits per heavy atom. The fourth-order valence-electron chi connectivity index (χ4n) is 3.11. The summed E-state index contributed by atoms with van der Waals surface area (Å²) in [4.78, 5) is 38.3. The Labute approximate surface area is 147 Å². The molecule has 2 heterocycles. The highest BCUT2D eigenvalue weighted by atomic mass is 19.1. The van der Waals surface area contributed by atoms with E-state index in [2.05, 4.69) is 0 Å². The summed E-state index contributed by atoms with van der Waals surface area (Å²) in [5.41, 5.74) is 1.02. The number of aromatic nitrogens is 1. The zero-order chi connectivity index (χ0) is 18.4. The third kappa shape index (κ3) is 2.27. The van der Waals surface area contributed by atoms with E-state index in [9.17, 15) is 18.8 Å². The lowest BCUT2D eigenvalue weighted by atomic mass is 9.89. The lowest BCUT2D eigenvalue weighted by Gasteiger charge is -2.18. The number of nitrogens with zero attached hydrogens (tertiary/aromatic N) is 1. The summed E-state index contributed by atoms with van der Waals surface area (Å²) in [7, 11) is 1.31. The highest BCUT2D eigenvalue weighted by Gasteiger charge is 2.33. The largest absolute Gasteiger partial charge is 0.492 e. The minimum absolute atomic E-state index is 0.0221. The second-order valence-electron chi connectivity index (χ2n) is 5.83. The van der Waals surface area contributed by atoms with E-state index in [1.807, 2.05) is 0 Å². The summed E-state index contributed by atoms with van der Waals surface area (Å²) in [5.74, 6) is -1.96. The zero-order valence-electron chi connectivity index (χ0n) is 13.7. The van der Waals surface area contributed by atoms with Crippen LogP contribution >= 0.6 is 0 Å². The number of hydrogen-bond acceptors (Lipinski definition) is 4. The number of halogens is 1. The number of pyridine rings is 1. The van der Waals surface area contributed by atoms with E-state index in [0.717, 1.165) is 6.08 Å². The Morgan fingerprint density at radius 3 is 2.54 bits per heavy atom. The van der Waals surface area contributed by atoms with Crippen LogP contribution in [0.25, 0.3) is 5.52 Å². The van der Waals surface area contributed by atoms with Crippen LogP contribution in [0, 0.1) is 5.82 Å². The van der Waals surface area contributed by atoms with Gasteiger partial charge < -0.3 is 9.14 Å². The summed E-state index contributed by atoms with van der Waals surface area (Å²) in [5, 5.41) is 0. The second kappa shape index (κ2) is 5.77. The van der Waals surface area contributed by atoms with Gasteiger partial charge in [0.2, 0.25) is 11.6 Å². The first kappa shape index (κ1) is 16.0. The Bertz CT molecular complexity index is 1120. The quantitative estimate of drug-likeness (QED) is 0.681. The van der Waals surface area contributed by atoms with E-state index < -0.39 is 23.2 Å². The van der Waals surface area contributed by atoms with Gasteiger partial charge in [0.25, 0.3) is 0 Å². The summed E-state index contributed by atoms with van der Waals surface area (Å²) < 4.78 is 19.7. The molecule has 0 atom stereocenters. The molecule has 1 aromatic carbocycles. The Hall–Kier alpha value is -3.54. The first-order valence-electron chi connectivity index (χ1n) is 7.80. The van der Waals surface area contributed by atoms with Gasteiger partial charge in [0.1, 0.15) is 11.5 Å². The van der Waals surface area contributed by atoms with Gasteiger partial charge in [0.15, 0.2) is 11.5 Å². The number of carbonyl (C=O) groups excluding carboxylic acids is 3. The SMILES string of the molecule is COC1=CC(=O)c2c(cc3cccn3c2C(=O)c2ccc(F)cc2)C1=O. The highest BCUT2D eigenvalue weighted by molar-refractivity contribution is 6.28. The van der Waals surface area contributed by atoms with E-state index in [-0.39, 0.29) is 28.1 Å². The molecule has 2 aromatic heterocycles. The van der Waals surface area contributed by atoms with Crippen LogP contribution in [0.5, 0.6) is 0 Å². The smallest absolute Gasteiger partial charge is 0.228 e. The molecule has 0 fully saturated rings. The van der Waals surface area contributed by atoms with Crippen LogP contribution in [0.15, 0.2) is 60.5 Å². The molecule has 1 aliphatic rings. The van der Waals surface area contributed by atoms with Gasteiger partial charge in [-0.15, -0.1) is 0 Å². The van der Waals surface area contributed by atoms with Crippen molar-refractivity contribution in [2.45, 2.75) is 0 Å². The molecule has 0 spiro atoms. The topological polar surface area (TPSA) is 64.8 Å². The van der Waals surface area contributed by atoms with Gasteiger partial charge in [-0.05, 0) is 42.5 Å². The van der Waals surface area contributed by atoms with E-state index in [4.69, 9.17) is 4.74 Å². The number of Topliss-reactive ketones (excluding diaryl/α,β-unsaturated/α-hetero) is 1. The maximum Gasteiger partial charge on any atom is 0.228 e. The molecule has 3 aromatic rings. The summed E-state index contributed by atoms with van der Waals surface area (Å²) in [6.45, 7) is 0. The van der Waals surface area contributed by atoms with Gasteiger partial charge in [-0.1, -0.05) is 0 Å². The average molecular weight is 349 g/mol. The molecule has 0 unspecified atom stereocenters. The number of ether oxygens (including phenoxy) is 1. The number of ketones is 3. The molecule has 26 heavy (non-hydrogen) atoms. The molecular weight excluding hydrogens is 337 g/mol.